The van der Waals surface area contributed by atoms with Crippen molar-refractivity contribution in [3.63, 3.8) is 0 Å². The van der Waals surface area contributed by atoms with Crippen LogP contribution in [0.25, 0.3) is 11.1 Å². The lowest BCUT2D eigenvalue weighted by molar-refractivity contribution is -0.245. The van der Waals surface area contributed by atoms with Crippen molar-refractivity contribution in [3.8, 4) is 11.1 Å². The first-order valence-corrected chi connectivity index (χ1v) is 17.5. The molecule has 248 valence electrons. The number of carbonyl (C=O) groups is 2. The Morgan fingerprint density at radius 3 is 2.36 bits per heavy atom. The molecule has 2 heterocycles. The molecule has 0 saturated carbocycles. The molecule has 0 aliphatic carbocycles. The van der Waals surface area contributed by atoms with Crippen LogP contribution in [0.4, 0.5) is 0 Å². The Morgan fingerprint density at radius 1 is 0.894 bits per heavy atom. The van der Waals surface area contributed by atoms with E-state index >= 15 is 0 Å². The summed E-state index contributed by atoms with van der Waals surface area (Å²) in [7, 11) is 0. The fraction of sp³-hybridized carbons (Fsp3) is 0.371. The van der Waals surface area contributed by atoms with Crippen LogP contribution in [0.1, 0.15) is 78.2 Å². The smallest absolute Gasteiger partial charge is 0.243 e. The number of thioether (sulfide) groups is 1. The molecule has 1 aliphatic rings. The van der Waals surface area contributed by atoms with Gasteiger partial charge in [0.15, 0.2) is 10.6 Å². The van der Waals surface area contributed by atoms with Crippen LogP contribution in [0.3, 0.4) is 0 Å². The number of carbonyl (C=O) groups excluding carboxylic acids is 2. The number of ether oxygens (including phenoxy) is 2. The number of aromatic nitrogens is 2. The molecule has 0 radical (unpaired) electrons. The second-order valence-corrected chi connectivity index (χ2v) is 13.9. The normalized spacial score (nSPS) is 17.7. The predicted octanol–water partition coefficient (Wildman–Crippen LogP) is 6.42. The highest BCUT2D eigenvalue weighted by molar-refractivity contribution is 8.01. The molecule has 3 atom stereocenters. The van der Waals surface area contributed by atoms with Crippen molar-refractivity contribution in [2.45, 2.75) is 81.4 Å². The number of nitrogens with zero attached hydrogens (tertiary/aromatic N) is 2. The first-order chi connectivity index (χ1) is 22.9. The molecule has 47 heavy (non-hydrogen) atoms. The zero-order valence-electron chi connectivity index (χ0n) is 26.3. The van der Waals surface area contributed by atoms with Crippen LogP contribution in [-0.2, 0) is 32.2 Å². The Balaban J connectivity index is 1.24. The van der Waals surface area contributed by atoms with E-state index < -0.39 is 12.2 Å². The molecular formula is C35H40N4O6S2. The van der Waals surface area contributed by atoms with Crippen LogP contribution in [0.2, 0.25) is 0 Å². The van der Waals surface area contributed by atoms with Gasteiger partial charge < -0.3 is 19.9 Å². The minimum absolute atomic E-state index is 0.00647. The van der Waals surface area contributed by atoms with E-state index in [-0.39, 0.29) is 31.1 Å². The highest BCUT2D eigenvalue weighted by atomic mass is 32.2. The number of aliphatic hydroxyl groups excluding tert-OH is 1. The molecule has 0 bridgehead atoms. The Kier molecular flexibility index (Phi) is 12.9. The van der Waals surface area contributed by atoms with Crippen LogP contribution in [0.15, 0.2) is 77.1 Å². The molecule has 2 amide bonds. The fourth-order valence-corrected chi connectivity index (χ4v) is 7.20. The van der Waals surface area contributed by atoms with Crippen molar-refractivity contribution in [2.24, 2.45) is 0 Å². The van der Waals surface area contributed by atoms with Crippen LogP contribution >= 0.6 is 23.1 Å². The molecule has 1 aromatic heterocycles. The molecule has 4 N–H and O–H groups in total. The highest BCUT2D eigenvalue weighted by Crippen LogP contribution is 2.40. The quantitative estimate of drug-likeness (QED) is 0.0486. The van der Waals surface area contributed by atoms with Crippen LogP contribution < -0.4 is 10.8 Å². The average Bonchev–Trinajstić information content (AvgIpc) is 3.54. The Bertz CT molecular complexity index is 1620. The minimum atomic E-state index is -0.575. The van der Waals surface area contributed by atoms with Crippen molar-refractivity contribution in [3.05, 3.63) is 100 Å². The number of hydrogen-bond donors (Lipinski definition) is 4. The van der Waals surface area contributed by atoms with Crippen molar-refractivity contribution in [1.29, 1.82) is 0 Å². The van der Waals surface area contributed by atoms with E-state index in [1.165, 1.54) is 0 Å². The molecule has 4 aromatic rings. The second-order valence-electron chi connectivity index (χ2n) is 11.4. The summed E-state index contributed by atoms with van der Waals surface area (Å²) in [6, 6.07) is 24.1. The number of hydrogen-bond acceptors (Lipinski definition) is 10. The van der Waals surface area contributed by atoms with Gasteiger partial charge in [-0.25, -0.2) is 5.48 Å². The fourth-order valence-electron chi connectivity index (χ4n) is 5.34. The molecule has 0 unspecified atom stereocenters. The number of nitrogens with one attached hydrogen (secondary N) is 2. The largest absolute Gasteiger partial charge is 0.392 e. The maximum atomic E-state index is 12.4. The lowest BCUT2D eigenvalue weighted by Crippen LogP contribution is -2.31. The molecule has 1 saturated heterocycles. The van der Waals surface area contributed by atoms with E-state index in [0.29, 0.717) is 38.0 Å². The Hall–Kier alpha value is -3.65. The Morgan fingerprint density at radius 2 is 1.64 bits per heavy atom. The topological polar surface area (TPSA) is 143 Å². The molecule has 5 rings (SSSR count). The van der Waals surface area contributed by atoms with Gasteiger partial charge in [0.25, 0.3) is 0 Å². The van der Waals surface area contributed by atoms with E-state index in [2.05, 4.69) is 33.7 Å². The highest BCUT2D eigenvalue weighted by Gasteiger charge is 2.32. The van der Waals surface area contributed by atoms with Crippen LogP contribution in [0, 0.1) is 6.92 Å². The third-order valence-electron chi connectivity index (χ3n) is 7.86. The van der Waals surface area contributed by atoms with Crippen LogP contribution in [-0.4, -0.2) is 44.2 Å². The SMILES string of the molecule is Cc1nnc(SC[C@@H]2C[C@H](c3ccc(CO)cc3)O[C@H](c3cccc(-c4cccc(CNC(=O)CCCCCC(=O)NO)c4)c3)O2)s1. The van der Waals surface area contributed by atoms with Gasteiger partial charge >= 0.3 is 0 Å². The van der Waals surface area contributed by atoms with Gasteiger partial charge in [-0.15, -0.1) is 10.2 Å². The number of rotatable bonds is 15. The van der Waals surface area contributed by atoms with Gasteiger partial charge in [-0.05, 0) is 59.7 Å². The van der Waals surface area contributed by atoms with Crippen LogP contribution in [0.5, 0.6) is 0 Å². The van der Waals surface area contributed by atoms with Gasteiger partial charge in [-0.1, -0.05) is 90.2 Å². The van der Waals surface area contributed by atoms with Gasteiger partial charge in [-0.2, -0.15) is 0 Å². The number of aryl methyl sites for hydroxylation is 1. The van der Waals surface area contributed by atoms with E-state index in [0.717, 1.165) is 49.1 Å². The molecule has 12 heteroatoms. The minimum Gasteiger partial charge on any atom is -0.392 e. The van der Waals surface area contributed by atoms with E-state index in [9.17, 15) is 14.7 Å². The summed E-state index contributed by atoms with van der Waals surface area (Å²) in [5.41, 5.74) is 7.45. The summed E-state index contributed by atoms with van der Waals surface area (Å²) < 4.78 is 14.0. The first-order valence-electron chi connectivity index (χ1n) is 15.7. The number of hydroxylamine groups is 1. The third kappa shape index (κ3) is 10.4. The maximum Gasteiger partial charge on any atom is 0.243 e. The van der Waals surface area contributed by atoms with Gasteiger partial charge in [0, 0.05) is 37.1 Å². The predicted molar refractivity (Wildman–Crippen MR) is 181 cm³/mol. The van der Waals surface area contributed by atoms with Gasteiger partial charge in [-0.3, -0.25) is 14.8 Å². The van der Waals surface area contributed by atoms with Gasteiger partial charge in [0.1, 0.15) is 5.01 Å². The number of aliphatic hydroxyl groups is 1. The Labute approximate surface area is 282 Å². The van der Waals surface area contributed by atoms with E-state index in [4.69, 9.17) is 14.7 Å². The molecule has 1 aliphatic heterocycles. The summed E-state index contributed by atoms with van der Waals surface area (Å²) in [5.74, 6) is 0.269. The summed E-state index contributed by atoms with van der Waals surface area (Å²) in [4.78, 5) is 23.5. The zero-order chi connectivity index (χ0) is 33.0. The van der Waals surface area contributed by atoms with E-state index in [1.807, 2.05) is 61.5 Å². The lowest BCUT2D eigenvalue weighted by atomic mass is 9.99. The van der Waals surface area contributed by atoms with E-state index in [1.54, 1.807) is 28.6 Å². The van der Waals surface area contributed by atoms with Crippen molar-refractivity contribution >= 4 is 34.9 Å². The number of benzene rings is 3. The third-order valence-corrected chi connectivity index (χ3v) is 9.96. The van der Waals surface area contributed by atoms with Crippen molar-refractivity contribution in [2.75, 3.05) is 5.75 Å². The van der Waals surface area contributed by atoms with Crippen molar-refractivity contribution < 1.29 is 29.4 Å². The molecular weight excluding hydrogens is 637 g/mol. The summed E-state index contributed by atoms with van der Waals surface area (Å²) in [5, 5.41) is 30.4. The standard InChI is InChI=1S/C35H40N4O6S2/c1-23-37-38-35(47-23)46-22-30-19-31(26-15-13-24(21-40)14-16-26)45-34(44-30)29-10-6-9-28(18-29)27-8-5-7-25(17-27)20-36-32(41)11-3-2-4-12-33(42)39-43/h5-10,13-18,30-31,34,40,43H,2-4,11-12,19-22H2,1H3,(H,36,41)(H,39,42)/t30-,31+,34+/m0/s1. The second kappa shape index (κ2) is 17.5. The number of unbranched alkanes of at least 4 members (excludes halogenated alkanes) is 2. The summed E-state index contributed by atoms with van der Waals surface area (Å²) >= 11 is 3.22. The molecule has 3 aromatic carbocycles. The molecule has 1 fully saturated rings. The van der Waals surface area contributed by atoms with Gasteiger partial charge in [0.2, 0.25) is 11.8 Å². The average molecular weight is 677 g/mol. The monoisotopic (exact) mass is 676 g/mol. The summed E-state index contributed by atoms with van der Waals surface area (Å²) in [6.07, 6.45) is 2.52. The van der Waals surface area contributed by atoms with Crippen molar-refractivity contribution in [1.82, 2.24) is 21.0 Å². The van der Waals surface area contributed by atoms with Gasteiger partial charge in [0.05, 0.1) is 18.8 Å². The number of amides is 2. The zero-order valence-corrected chi connectivity index (χ0v) is 27.9. The maximum absolute atomic E-state index is 12.4. The first kappa shape index (κ1) is 34.7. The molecule has 10 nitrogen and oxygen atoms in total. The lowest BCUT2D eigenvalue weighted by Gasteiger charge is -2.36. The summed E-state index contributed by atoms with van der Waals surface area (Å²) in [6.45, 7) is 2.36. The molecule has 0 spiro atoms.